The van der Waals surface area contributed by atoms with Crippen molar-refractivity contribution in [3.8, 4) is 5.75 Å². The number of carbonyl (C=O) groups is 1. The number of rotatable bonds is 6. The summed E-state index contributed by atoms with van der Waals surface area (Å²) in [6, 6.07) is 15.7. The first-order chi connectivity index (χ1) is 12.5. The monoisotopic (exact) mass is 368 g/mol. The standard InChI is InChI=1S/C21H21ClN2O2/c1-21(8-9-21)20(25)23-12-17-10-15-4-7-18(11-19(15)24-17)26-13-14-2-5-16(22)6-3-14/h2-7,10-11,24H,8-9,12-13H2,1H3,(H,23,25). The number of hydrogen-bond acceptors (Lipinski definition) is 2. The predicted molar refractivity (Wildman–Crippen MR) is 103 cm³/mol. The smallest absolute Gasteiger partial charge is 0.226 e. The van der Waals surface area contributed by atoms with Crippen LogP contribution in [0.1, 0.15) is 31.0 Å². The number of hydrogen-bond donors (Lipinski definition) is 2. The van der Waals surface area contributed by atoms with Crippen LogP contribution in [0, 0.1) is 5.41 Å². The summed E-state index contributed by atoms with van der Waals surface area (Å²) in [6.45, 7) is 3.02. The van der Waals surface area contributed by atoms with Crippen LogP contribution in [0.15, 0.2) is 48.5 Å². The minimum atomic E-state index is -0.144. The number of ether oxygens (including phenoxy) is 1. The molecule has 134 valence electrons. The molecule has 0 atom stereocenters. The summed E-state index contributed by atoms with van der Waals surface area (Å²) < 4.78 is 5.87. The molecule has 0 unspecified atom stereocenters. The van der Waals surface area contributed by atoms with Gasteiger partial charge in [-0.05, 0) is 54.1 Å². The summed E-state index contributed by atoms with van der Waals surface area (Å²) in [5, 5.41) is 4.84. The predicted octanol–water partition coefficient (Wildman–Crippen LogP) is 4.82. The maximum Gasteiger partial charge on any atom is 0.226 e. The van der Waals surface area contributed by atoms with Crippen LogP contribution in [0.2, 0.25) is 5.02 Å². The molecule has 2 N–H and O–H groups in total. The Kier molecular flexibility index (Phi) is 4.37. The lowest BCUT2D eigenvalue weighted by molar-refractivity contribution is -0.125. The van der Waals surface area contributed by atoms with E-state index in [1.54, 1.807) is 0 Å². The molecule has 4 nitrogen and oxygen atoms in total. The Morgan fingerprint density at radius 3 is 2.69 bits per heavy atom. The molecule has 4 rings (SSSR count). The molecule has 1 amide bonds. The van der Waals surface area contributed by atoms with E-state index >= 15 is 0 Å². The third-order valence-electron chi connectivity index (χ3n) is 4.96. The van der Waals surface area contributed by atoms with Gasteiger partial charge in [-0.15, -0.1) is 0 Å². The highest BCUT2D eigenvalue weighted by Crippen LogP contribution is 2.45. The summed E-state index contributed by atoms with van der Waals surface area (Å²) in [4.78, 5) is 15.4. The van der Waals surface area contributed by atoms with Gasteiger partial charge < -0.3 is 15.0 Å². The zero-order valence-electron chi connectivity index (χ0n) is 14.6. The van der Waals surface area contributed by atoms with E-state index in [0.717, 1.165) is 45.8 Å². The highest BCUT2D eigenvalue weighted by Gasteiger charge is 2.44. The van der Waals surface area contributed by atoms with Crippen LogP contribution in [0.4, 0.5) is 0 Å². The summed E-state index contributed by atoms with van der Waals surface area (Å²) in [5.41, 5.74) is 2.92. The van der Waals surface area contributed by atoms with E-state index in [4.69, 9.17) is 16.3 Å². The third kappa shape index (κ3) is 3.70. The van der Waals surface area contributed by atoms with Gasteiger partial charge in [0.05, 0.1) is 6.54 Å². The van der Waals surface area contributed by atoms with E-state index in [1.807, 2.05) is 49.4 Å². The average Bonchev–Trinajstić information content (AvgIpc) is 3.26. The van der Waals surface area contributed by atoms with Gasteiger partial charge in [-0.3, -0.25) is 4.79 Å². The van der Waals surface area contributed by atoms with Crippen molar-refractivity contribution < 1.29 is 9.53 Å². The highest BCUT2D eigenvalue weighted by molar-refractivity contribution is 6.30. The fourth-order valence-corrected chi connectivity index (χ4v) is 3.03. The van der Waals surface area contributed by atoms with Crippen LogP contribution in [0.25, 0.3) is 10.9 Å². The second-order valence-corrected chi connectivity index (χ2v) is 7.64. The largest absolute Gasteiger partial charge is 0.489 e. The number of amides is 1. The van der Waals surface area contributed by atoms with Gasteiger partial charge in [-0.2, -0.15) is 0 Å². The number of H-pyrrole nitrogens is 1. The first-order valence-electron chi connectivity index (χ1n) is 8.79. The van der Waals surface area contributed by atoms with Gasteiger partial charge in [0, 0.05) is 27.7 Å². The molecule has 2 aromatic carbocycles. The Balaban J connectivity index is 1.40. The van der Waals surface area contributed by atoms with Crippen LogP contribution < -0.4 is 10.1 Å². The van der Waals surface area contributed by atoms with Crippen molar-refractivity contribution in [2.75, 3.05) is 0 Å². The molecule has 1 aliphatic rings. The maximum atomic E-state index is 12.1. The van der Waals surface area contributed by atoms with Gasteiger partial charge in [0.25, 0.3) is 0 Å². The molecular weight excluding hydrogens is 348 g/mol. The number of halogens is 1. The molecule has 0 bridgehead atoms. The molecule has 1 aromatic heterocycles. The topological polar surface area (TPSA) is 54.1 Å². The lowest BCUT2D eigenvalue weighted by Crippen LogP contribution is -2.29. The molecule has 1 saturated carbocycles. The minimum absolute atomic E-state index is 0.142. The SMILES string of the molecule is CC1(C(=O)NCc2cc3ccc(OCc4ccc(Cl)cc4)cc3[nH]2)CC1. The van der Waals surface area contributed by atoms with Crippen LogP contribution >= 0.6 is 11.6 Å². The number of benzene rings is 2. The molecular formula is C21H21ClN2O2. The Labute approximate surface area is 157 Å². The molecule has 0 saturated heterocycles. The average molecular weight is 369 g/mol. The molecule has 1 aliphatic carbocycles. The number of aromatic nitrogens is 1. The molecule has 1 fully saturated rings. The molecule has 3 aromatic rings. The van der Waals surface area contributed by atoms with Crippen molar-refractivity contribution in [2.45, 2.75) is 32.9 Å². The lowest BCUT2D eigenvalue weighted by atomic mass is 10.1. The highest BCUT2D eigenvalue weighted by atomic mass is 35.5. The van der Waals surface area contributed by atoms with E-state index in [-0.39, 0.29) is 11.3 Å². The lowest BCUT2D eigenvalue weighted by Gasteiger charge is -2.08. The van der Waals surface area contributed by atoms with E-state index in [0.29, 0.717) is 13.2 Å². The Bertz CT molecular complexity index is 942. The summed E-state index contributed by atoms with van der Waals surface area (Å²) in [5.74, 6) is 0.943. The normalized spacial score (nSPS) is 15.0. The number of nitrogens with one attached hydrogen (secondary N) is 2. The van der Waals surface area contributed by atoms with Gasteiger partial charge in [-0.25, -0.2) is 0 Å². The van der Waals surface area contributed by atoms with Crippen LogP contribution in [0.3, 0.4) is 0 Å². The van der Waals surface area contributed by atoms with Crippen molar-refractivity contribution in [2.24, 2.45) is 5.41 Å². The van der Waals surface area contributed by atoms with Crippen molar-refractivity contribution in [1.82, 2.24) is 10.3 Å². The number of fused-ring (bicyclic) bond motifs is 1. The quantitative estimate of drug-likeness (QED) is 0.655. The maximum absolute atomic E-state index is 12.1. The minimum Gasteiger partial charge on any atom is -0.489 e. The first kappa shape index (κ1) is 17.0. The molecule has 0 spiro atoms. The Morgan fingerprint density at radius 2 is 1.96 bits per heavy atom. The molecule has 1 heterocycles. The van der Waals surface area contributed by atoms with Gasteiger partial charge >= 0.3 is 0 Å². The fraction of sp³-hybridized carbons (Fsp3) is 0.286. The van der Waals surface area contributed by atoms with Crippen molar-refractivity contribution in [3.63, 3.8) is 0 Å². The zero-order valence-corrected chi connectivity index (χ0v) is 15.4. The van der Waals surface area contributed by atoms with E-state index in [2.05, 4.69) is 16.4 Å². The summed E-state index contributed by atoms with van der Waals surface area (Å²) in [7, 11) is 0. The Hall–Kier alpha value is -2.46. The van der Waals surface area contributed by atoms with Crippen molar-refractivity contribution >= 4 is 28.4 Å². The zero-order chi connectivity index (χ0) is 18.1. The number of carbonyl (C=O) groups excluding carboxylic acids is 1. The van der Waals surface area contributed by atoms with Crippen LogP contribution in [0.5, 0.6) is 5.75 Å². The Morgan fingerprint density at radius 1 is 1.19 bits per heavy atom. The van der Waals surface area contributed by atoms with Gasteiger partial charge in [0.15, 0.2) is 0 Å². The molecule has 5 heteroatoms. The fourth-order valence-electron chi connectivity index (χ4n) is 2.90. The van der Waals surface area contributed by atoms with Gasteiger partial charge in [0.1, 0.15) is 12.4 Å². The van der Waals surface area contributed by atoms with E-state index < -0.39 is 0 Å². The van der Waals surface area contributed by atoms with E-state index in [1.165, 1.54) is 0 Å². The van der Waals surface area contributed by atoms with Crippen LogP contribution in [-0.2, 0) is 17.9 Å². The number of aromatic amines is 1. The van der Waals surface area contributed by atoms with Gasteiger partial charge in [0.2, 0.25) is 5.91 Å². The molecule has 0 aliphatic heterocycles. The summed E-state index contributed by atoms with van der Waals surface area (Å²) >= 11 is 5.90. The second-order valence-electron chi connectivity index (χ2n) is 7.20. The summed E-state index contributed by atoms with van der Waals surface area (Å²) in [6.07, 6.45) is 1.97. The first-order valence-corrected chi connectivity index (χ1v) is 9.17. The van der Waals surface area contributed by atoms with Crippen LogP contribution in [-0.4, -0.2) is 10.9 Å². The van der Waals surface area contributed by atoms with Crippen molar-refractivity contribution in [3.05, 3.63) is 64.8 Å². The van der Waals surface area contributed by atoms with Gasteiger partial charge in [-0.1, -0.05) is 30.7 Å². The second kappa shape index (κ2) is 6.69. The van der Waals surface area contributed by atoms with E-state index in [9.17, 15) is 4.79 Å². The van der Waals surface area contributed by atoms with Crippen molar-refractivity contribution in [1.29, 1.82) is 0 Å². The molecule has 26 heavy (non-hydrogen) atoms. The third-order valence-corrected chi connectivity index (χ3v) is 5.21. The molecule has 0 radical (unpaired) electrons.